The summed E-state index contributed by atoms with van der Waals surface area (Å²) in [6.45, 7) is 1.18. The number of pyridine rings is 1. The van der Waals surface area contributed by atoms with Crippen molar-refractivity contribution in [3.63, 3.8) is 0 Å². The first-order valence-corrected chi connectivity index (χ1v) is 8.63. The minimum atomic E-state index is -3.60. The molecule has 24 heavy (non-hydrogen) atoms. The number of hydrogen-bond acceptors (Lipinski definition) is 7. The fourth-order valence-corrected chi connectivity index (χ4v) is 2.81. The second kappa shape index (κ2) is 7.18. The van der Waals surface area contributed by atoms with Gasteiger partial charge in [0.05, 0.1) is 5.75 Å². The van der Waals surface area contributed by atoms with E-state index in [2.05, 4.69) is 10.3 Å². The highest BCUT2D eigenvalue weighted by atomic mass is 32.2. The van der Waals surface area contributed by atoms with Gasteiger partial charge in [-0.3, -0.25) is 4.79 Å². The van der Waals surface area contributed by atoms with E-state index < -0.39 is 15.8 Å². The van der Waals surface area contributed by atoms with Crippen molar-refractivity contribution in [2.45, 2.75) is 11.8 Å². The van der Waals surface area contributed by atoms with E-state index >= 15 is 0 Å². The largest absolute Gasteiger partial charge is 0.507 e. The van der Waals surface area contributed by atoms with Crippen LogP contribution in [0.25, 0.3) is 0 Å². The van der Waals surface area contributed by atoms with Gasteiger partial charge in [-0.15, -0.1) is 0 Å². The van der Waals surface area contributed by atoms with Crippen molar-refractivity contribution in [2.24, 2.45) is 0 Å². The van der Waals surface area contributed by atoms with Crippen LogP contribution in [0.5, 0.6) is 17.4 Å². The van der Waals surface area contributed by atoms with Crippen LogP contribution in [0.4, 0.5) is 5.82 Å². The van der Waals surface area contributed by atoms with Crippen LogP contribution in [0.15, 0.2) is 41.3 Å². The number of rotatable bonds is 7. The molecule has 2 rings (SSSR count). The highest BCUT2D eigenvalue weighted by Gasteiger charge is 2.18. The molecule has 8 nitrogen and oxygen atoms in total. The van der Waals surface area contributed by atoms with Crippen molar-refractivity contribution in [1.82, 2.24) is 4.98 Å². The van der Waals surface area contributed by atoms with Crippen molar-refractivity contribution in [3.05, 3.63) is 36.4 Å². The molecule has 0 amide bonds. The van der Waals surface area contributed by atoms with Gasteiger partial charge in [-0.25, -0.2) is 8.42 Å². The summed E-state index contributed by atoms with van der Waals surface area (Å²) in [6, 6.07) is 8.56. The lowest BCUT2D eigenvalue weighted by Crippen LogP contribution is -2.13. The summed E-state index contributed by atoms with van der Waals surface area (Å²) >= 11 is 0. The number of aliphatic carboxylic acids is 1. The number of carboxylic acid groups (broad SMARTS) is 1. The molecule has 1 heterocycles. The SMILES string of the molecule is CCS(=O)(=O)c1cc(Oc2cccc(NCC(=O)O)n2)ccc1O. The number of carbonyl (C=O) groups is 1. The van der Waals surface area contributed by atoms with Crippen LogP contribution in [-0.2, 0) is 14.6 Å². The number of phenolic OH excluding ortho intramolecular Hbond substituents is 1. The molecule has 0 radical (unpaired) electrons. The maximum atomic E-state index is 11.9. The fraction of sp³-hybridized carbons (Fsp3) is 0.200. The molecule has 0 saturated carbocycles. The van der Waals surface area contributed by atoms with Crippen molar-refractivity contribution in [2.75, 3.05) is 17.6 Å². The van der Waals surface area contributed by atoms with Gasteiger partial charge in [-0.05, 0) is 18.2 Å². The van der Waals surface area contributed by atoms with Crippen molar-refractivity contribution in [1.29, 1.82) is 0 Å². The first kappa shape index (κ1) is 17.5. The Morgan fingerprint density at radius 2 is 2.04 bits per heavy atom. The summed E-state index contributed by atoms with van der Waals surface area (Å²) in [6.07, 6.45) is 0. The van der Waals surface area contributed by atoms with Gasteiger partial charge in [0.2, 0.25) is 5.88 Å². The van der Waals surface area contributed by atoms with E-state index in [1.54, 1.807) is 12.1 Å². The average molecular weight is 352 g/mol. The van der Waals surface area contributed by atoms with Gasteiger partial charge in [0.25, 0.3) is 0 Å². The van der Waals surface area contributed by atoms with Gasteiger partial charge in [-0.2, -0.15) is 4.98 Å². The summed E-state index contributed by atoms with van der Waals surface area (Å²) in [4.78, 5) is 14.4. The molecule has 9 heteroatoms. The third kappa shape index (κ3) is 4.35. The smallest absolute Gasteiger partial charge is 0.322 e. The number of phenols is 1. The zero-order chi connectivity index (χ0) is 17.7. The van der Waals surface area contributed by atoms with E-state index in [4.69, 9.17) is 9.84 Å². The number of benzene rings is 1. The molecule has 1 aromatic heterocycles. The number of anilines is 1. The van der Waals surface area contributed by atoms with Crippen molar-refractivity contribution in [3.8, 4) is 17.4 Å². The molecule has 0 atom stereocenters. The predicted molar refractivity (Wildman–Crippen MR) is 86.3 cm³/mol. The zero-order valence-corrected chi connectivity index (χ0v) is 13.6. The second-order valence-electron chi connectivity index (χ2n) is 4.74. The molecule has 0 aliphatic carbocycles. The first-order chi connectivity index (χ1) is 11.3. The Bertz CT molecular complexity index is 851. The Balaban J connectivity index is 2.24. The third-order valence-corrected chi connectivity index (χ3v) is 4.77. The standard InChI is InChI=1S/C15H16N2O6S/c1-2-24(21,22)12-8-10(6-7-11(12)18)23-14-5-3-4-13(17-14)16-9-15(19)20/h3-8,18H,2,9H2,1H3,(H,16,17)(H,19,20). The Hall–Kier alpha value is -2.81. The number of aromatic nitrogens is 1. The number of sulfone groups is 1. The third-order valence-electron chi connectivity index (χ3n) is 3.01. The van der Waals surface area contributed by atoms with Gasteiger partial charge in [0, 0.05) is 12.1 Å². The Kier molecular flexibility index (Phi) is 5.24. The number of aromatic hydroxyl groups is 1. The lowest BCUT2D eigenvalue weighted by molar-refractivity contribution is -0.134. The lowest BCUT2D eigenvalue weighted by atomic mass is 10.3. The molecule has 0 unspecified atom stereocenters. The van der Waals surface area contributed by atoms with Crippen LogP contribution < -0.4 is 10.1 Å². The van der Waals surface area contributed by atoms with Crippen LogP contribution in [-0.4, -0.2) is 41.9 Å². The topological polar surface area (TPSA) is 126 Å². The van der Waals surface area contributed by atoms with E-state index in [0.29, 0.717) is 5.82 Å². The highest BCUT2D eigenvalue weighted by molar-refractivity contribution is 7.91. The molecule has 3 N–H and O–H groups in total. The summed E-state index contributed by atoms with van der Waals surface area (Å²) in [7, 11) is -3.60. The maximum absolute atomic E-state index is 11.9. The summed E-state index contributed by atoms with van der Waals surface area (Å²) in [5.74, 6) is -0.907. The Morgan fingerprint density at radius 1 is 1.29 bits per heavy atom. The minimum absolute atomic E-state index is 0.149. The van der Waals surface area contributed by atoms with E-state index in [-0.39, 0.29) is 34.6 Å². The van der Waals surface area contributed by atoms with Crippen molar-refractivity contribution >= 4 is 21.6 Å². The van der Waals surface area contributed by atoms with Gasteiger partial charge in [0.1, 0.15) is 28.8 Å². The molecule has 0 spiro atoms. The number of nitrogens with zero attached hydrogens (tertiary/aromatic N) is 1. The van der Waals surface area contributed by atoms with Crippen LogP contribution in [0.1, 0.15) is 6.92 Å². The number of carboxylic acids is 1. The van der Waals surface area contributed by atoms with Gasteiger partial charge in [-0.1, -0.05) is 13.0 Å². The zero-order valence-electron chi connectivity index (χ0n) is 12.8. The minimum Gasteiger partial charge on any atom is -0.507 e. The number of nitrogens with one attached hydrogen (secondary N) is 1. The van der Waals surface area contributed by atoms with Gasteiger partial charge >= 0.3 is 5.97 Å². The average Bonchev–Trinajstić information content (AvgIpc) is 2.55. The lowest BCUT2D eigenvalue weighted by Gasteiger charge is -2.10. The fourth-order valence-electron chi connectivity index (χ4n) is 1.82. The molecule has 0 bridgehead atoms. The second-order valence-corrected chi connectivity index (χ2v) is 6.99. The Labute approximate surface area is 138 Å². The van der Waals surface area contributed by atoms with Gasteiger partial charge in [0.15, 0.2) is 9.84 Å². The van der Waals surface area contributed by atoms with E-state index in [0.717, 1.165) is 0 Å². The molecule has 0 saturated heterocycles. The molecular weight excluding hydrogens is 336 g/mol. The molecule has 0 aliphatic heterocycles. The van der Waals surface area contributed by atoms with Crippen molar-refractivity contribution < 1.29 is 28.2 Å². The summed E-state index contributed by atoms with van der Waals surface area (Å²) in [5.41, 5.74) is 0. The number of hydrogen-bond donors (Lipinski definition) is 3. The molecule has 1 aromatic carbocycles. The molecule has 0 aliphatic rings. The van der Waals surface area contributed by atoms with E-state index in [1.807, 2.05) is 0 Å². The van der Waals surface area contributed by atoms with Crippen LogP contribution in [0.3, 0.4) is 0 Å². The van der Waals surface area contributed by atoms with Crippen LogP contribution in [0, 0.1) is 0 Å². The molecular formula is C15H16N2O6S. The monoisotopic (exact) mass is 352 g/mol. The summed E-state index contributed by atoms with van der Waals surface area (Å²) < 4.78 is 29.4. The maximum Gasteiger partial charge on any atom is 0.322 e. The molecule has 0 fully saturated rings. The van der Waals surface area contributed by atoms with Crippen LogP contribution >= 0.6 is 0 Å². The number of ether oxygens (including phenoxy) is 1. The summed E-state index contributed by atoms with van der Waals surface area (Å²) in [5, 5.41) is 20.9. The Morgan fingerprint density at radius 3 is 2.71 bits per heavy atom. The van der Waals surface area contributed by atoms with Crippen LogP contribution in [0.2, 0.25) is 0 Å². The van der Waals surface area contributed by atoms with E-state index in [1.165, 1.54) is 31.2 Å². The molecule has 128 valence electrons. The quantitative estimate of drug-likeness (QED) is 0.689. The normalized spacial score (nSPS) is 11.0. The first-order valence-electron chi connectivity index (χ1n) is 6.98. The molecule has 2 aromatic rings. The predicted octanol–water partition coefficient (Wildman–Crippen LogP) is 1.87. The van der Waals surface area contributed by atoms with E-state index in [9.17, 15) is 18.3 Å². The highest BCUT2D eigenvalue weighted by Crippen LogP contribution is 2.30. The van der Waals surface area contributed by atoms with Gasteiger partial charge < -0.3 is 20.3 Å².